The van der Waals surface area contributed by atoms with Crippen molar-refractivity contribution in [3.63, 3.8) is 0 Å². The Labute approximate surface area is 216 Å². The number of aromatic nitrogens is 3. The molecule has 0 radical (unpaired) electrons. The Morgan fingerprint density at radius 1 is 1.05 bits per heavy atom. The van der Waals surface area contributed by atoms with Crippen molar-refractivity contribution in [3.8, 4) is 11.6 Å². The molecule has 1 aliphatic rings. The van der Waals surface area contributed by atoms with Gasteiger partial charge in [-0.25, -0.2) is 9.97 Å². The summed E-state index contributed by atoms with van der Waals surface area (Å²) < 4.78 is 46.2. The number of hydrogen-bond donors (Lipinski definition) is 1. The van der Waals surface area contributed by atoms with Gasteiger partial charge in [-0.1, -0.05) is 30.4 Å². The minimum atomic E-state index is -4.41. The Kier molecular flexibility index (Phi) is 6.83. The predicted molar refractivity (Wildman–Crippen MR) is 140 cm³/mol. The molecule has 0 bridgehead atoms. The summed E-state index contributed by atoms with van der Waals surface area (Å²) in [6.07, 6.45) is 8.12. The SMILES string of the molecule is CC1=CCC=CC=C1n1ccc2c(Oc3ccc(NC(=O)Cc4ccc(C(F)(F)F)cc4)cc3)ncnc21. The maximum absolute atomic E-state index is 12.7. The zero-order valence-electron chi connectivity index (χ0n) is 20.4. The molecule has 2 aromatic carbocycles. The zero-order chi connectivity index (χ0) is 26.7. The molecule has 4 aromatic rings. The van der Waals surface area contributed by atoms with E-state index >= 15 is 0 Å². The van der Waals surface area contributed by atoms with Gasteiger partial charge < -0.3 is 14.6 Å². The van der Waals surface area contributed by atoms with Gasteiger partial charge in [-0.05, 0) is 73.0 Å². The van der Waals surface area contributed by atoms with Crippen molar-refractivity contribution in [2.24, 2.45) is 0 Å². The molecule has 0 spiro atoms. The monoisotopic (exact) mass is 516 g/mol. The first-order valence-corrected chi connectivity index (χ1v) is 11.9. The quantitative estimate of drug-likeness (QED) is 0.295. The number of amides is 1. The number of benzene rings is 2. The van der Waals surface area contributed by atoms with Gasteiger partial charge in [-0.3, -0.25) is 4.79 Å². The van der Waals surface area contributed by atoms with Crippen LogP contribution in [0.5, 0.6) is 11.6 Å². The third-order valence-electron chi connectivity index (χ3n) is 6.06. The molecule has 0 atom stereocenters. The fourth-order valence-electron chi connectivity index (χ4n) is 4.11. The van der Waals surface area contributed by atoms with Crippen molar-refractivity contribution in [2.45, 2.75) is 25.9 Å². The van der Waals surface area contributed by atoms with Crippen LogP contribution in [0.4, 0.5) is 18.9 Å². The number of halogens is 3. The standard InChI is InChI=1S/C29H23F3N4O2/c1-19-5-3-2-4-6-25(19)36-16-15-24-27(36)33-18-34-28(24)38-23-13-11-22(12-14-23)35-26(37)17-20-7-9-21(10-8-20)29(30,31)32/h2,4-16,18H,3,17H2,1H3,(H,35,37). The van der Waals surface area contributed by atoms with E-state index in [4.69, 9.17) is 4.74 Å². The second-order valence-electron chi connectivity index (χ2n) is 8.75. The van der Waals surface area contributed by atoms with E-state index in [1.54, 1.807) is 24.3 Å². The van der Waals surface area contributed by atoms with Crippen LogP contribution in [-0.2, 0) is 17.4 Å². The number of allylic oxidation sites excluding steroid dienone is 6. The number of alkyl halides is 3. The molecule has 2 heterocycles. The maximum Gasteiger partial charge on any atom is 0.416 e. The van der Waals surface area contributed by atoms with E-state index in [0.717, 1.165) is 40.9 Å². The molecule has 1 aliphatic carbocycles. The molecule has 0 fully saturated rings. The lowest BCUT2D eigenvalue weighted by atomic mass is 10.1. The van der Waals surface area contributed by atoms with Crippen molar-refractivity contribution < 1.29 is 22.7 Å². The number of nitrogens with zero attached hydrogens (tertiary/aromatic N) is 3. The molecule has 0 unspecified atom stereocenters. The molecular weight excluding hydrogens is 493 g/mol. The van der Waals surface area contributed by atoms with Gasteiger partial charge in [0.15, 0.2) is 5.65 Å². The highest BCUT2D eigenvalue weighted by Gasteiger charge is 2.30. The van der Waals surface area contributed by atoms with Gasteiger partial charge in [-0.2, -0.15) is 13.2 Å². The normalized spacial score (nSPS) is 13.6. The Bertz CT molecular complexity index is 1560. The molecular formula is C29H23F3N4O2. The van der Waals surface area contributed by atoms with Crippen LogP contribution < -0.4 is 10.1 Å². The zero-order valence-corrected chi connectivity index (χ0v) is 20.4. The van der Waals surface area contributed by atoms with Gasteiger partial charge in [-0.15, -0.1) is 0 Å². The van der Waals surface area contributed by atoms with Crippen molar-refractivity contribution >= 4 is 28.3 Å². The van der Waals surface area contributed by atoms with Crippen LogP contribution in [0.1, 0.15) is 24.5 Å². The lowest BCUT2D eigenvalue weighted by Crippen LogP contribution is -2.14. The van der Waals surface area contributed by atoms with Crippen LogP contribution in [-0.4, -0.2) is 20.4 Å². The number of anilines is 1. The van der Waals surface area contributed by atoms with Crippen LogP contribution in [0.25, 0.3) is 16.7 Å². The first-order valence-electron chi connectivity index (χ1n) is 11.9. The molecule has 38 heavy (non-hydrogen) atoms. The van der Waals surface area contributed by atoms with Gasteiger partial charge in [0, 0.05) is 17.6 Å². The molecule has 0 aliphatic heterocycles. The average molecular weight is 517 g/mol. The van der Waals surface area contributed by atoms with Gasteiger partial charge >= 0.3 is 6.18 Å². The highest BCUT2D eigenvalue weighted by molar-refractivity contribution is 5.92. The van der Waals surface area contributed by atoms with Gasteiger partial charge in [0.05, 0.1) is 17.4 Å². The van der Waals surface area contributed by atoms with E-state index in [0.29, 0.717) is 22.9 Å². The molecule has 9 heteroatoms. The summed E-state index contributed by atoms with van der Waals surface area (Å²) in [6.45, 7) is 2.06. The summed E-state index contributed by atoms with van der Waals surface area (Å²) in [7, 11) is 0. The number of fused-ring (bicyclic) bond motifs is 1. The van der Waals surface area contributed by atoms with Crippen molar-refractivity contribution in [2.75, 3.05) is 5.32 Å². The predicted octanol–water partition coefficient (Wildman–Crippen LogP) is 7.17. The Morgan fingerprint density at radius 3 is 2.55 bits per heavy atom. The third kappa shape index (κ3) is 5.51. The topological polar surface area (TPSA) is 69.0 Å². The number of nitrogens with one attached hydrogen (secondary N) is 1. The van der Waals surface area contributed by atoms with E-state index in [2.05, 4.69) is 34.4 Å². The Morgan fingerprint density at radius 2 is 1.82 bits per heavy atom. The second kappa shape index (κ2) is 10.4. The summed E-state index contributed by atoms with van der Waals surface area (Å²) in [5.41, 5.74) is 3.15. The fraction of sp³-hybridized carbons (Fsp3) is 0.138. The van der Waals surface area contributed by atoms with Gasteiger partial charge in [0.1, 0.15) is 12.1 Å². The van der Waals surface area contributed by atoms with E-state index in [-0.39, 0.29) is 12.3 Å². The molecule has 1 amide bonds. The number of rotatable bonds is 6. The molecule has 1 N–H and O–H groups in total. The van der Waals surface area contributed by atoms with Crippen LogP contribution in [0.2, 0.25) is 0 Å². The highest BCUT2D eigenvalue weighted by Crippen LogP contribution is 2.32. The van der Waals surface area contributed by atoms with E-state index < -0.39 is 11.7 Å². The molecule has 0 saturated carbocycles. The first kappa shape index (κ1) is 25.0. The van der Waals surface area contributed by atoms with Crippen LogP contribution in [0, 0.1) is 0 Å². The minimum absolute atomic E-state index is 0.0484. The van der Waals surface area contributed by atoms with Crippen molar-refractivity contribution in [1.82, 2.24) is 14.5 Å². The number of carbonyl (C=O) groups excluding carboxylic acids is 1. The first-order chi connectivity index (χ1) is 18.3. The smallest absolute Gasteiger partial charge is 0.416 e. The summed E-state index contributed by atoms with van der Waals surface area (Å²) in [4.78, 5) is 21.1. The molecule has 192 valence electrons. The lowest BCUT2D eigenvalue weighted by Gasteiger charge is -2.11. The number of ether oxygens (including phenoxy) is 1. The molecule has 5 rings (SSSR count). The van der Waals surface area contributed by atoms with E-state index in [9.17, 15) is 18.0 Å². The largest absolute Gasteiger partial charge is 0.438 e. The Hall–Kier alpha value is -4.66. The van der Waals surface area contributed by atoms with E-state index in [1.165, 1.54) is 18.5 Å². The van der Waals surface area contributed by atoms with Crippen LogP contribution in [0.3, 0.4) is 0 Å². The summed E-state index contributed by atoms with van der Waals surface area (Å²) in [6, 6.07) is 13.2. The van der Waals surface area contributed by atoms with Crippen LogP contribution in [0.15, 0.2) is 97.0 Å². The maximum atomic E-state index is 12.7. The summed E-state index contributed by atoms with van der Waals surface area (Å²) in [5, 5.41) is 3.50. The highest BCUT2D eigenvalue weighted by atomic mass is 19.4. The van der Waals surface area contributed by atoms with E-state index in [1.807, 2.05) is 29.0 Å². The average Bonchev–Trinajstić information content (AvgIpc) is 3.20. The molecule has 0 saturated heterocycles. The van der Waals surface area contributed by atoms with Gasteiger partial charge in [0.2, 0.25) is 11.8 Å². The Balaban J connectivity index is 1.26. The second-order valence-corrected chi connectivity index (χ2v) is 8.75. The summed E-state index contributed by atoms with van der Waals surface area (Å²) in [5.74, 6) is 0.578. The number of hydrogen-bond acceptors (Lipinski definition) is 4. The third-order valence-corrected chi connectivity index (χ3v) is 6.06. The van der Waals surface area contributed by atoms with Crippen LogP contribution >= 0.6 is 0 Å². The number of carbonyl (C=O) groups is 1. The minimum Gasteiger partial charge on any atom is -0.438 e. The molecule has 2 aromatic heterocycles. The van der Waals surface area contributed by atoms with Crippen molar-refractivity contribution in [3.05, 3.63) is 108 Å². The molecule has 6 nitrogen and oxygen atoms in total. The summed E-state index contributed by atoms with van der Waals surface area (Å²) >= 11 is 0. The lowest BCUT2D eigenvalue weighted by molar-refractivity contribution is -0.137. The van der Waals surface area contributed by atoms with Crippen molar-refractivity contribution in [1.29, 1.82) is 0 Å². The fourth-order valence-corrected chi connectivity index (χ4v) is 4.11. The van der Waals surface area contributed by atoms with Gasteiger partial charge in [0.25, 0.3) is 0 Å².